The zero-order valence-electron chi connectivity index (χ0n) is 15.7. The maximum Gasteiger partial charge on any atom is 0.253 e. The van der Waals surface area contributed by atoms with Crippen LogP contribution >= 0.6 is 23.4 Å². The fourth-order valence-electron chi connectivity index (χ4n) is 3.11. The number of thioether (sulfide) groups is 1. The Morgan fingerprint density at radius 1 is 1.11 bits per heavy atom. The SMILES string of the molecule is CSc1ccc(CNC(=O)c2cc(S(=O)(=O)N3CCCCC3)ccc2Cl)cc1. The lowest BCUT2D eigenvalue weighted by molar-refractivity contribution is 0.0951. The number of carbonyl (C=O) groups excluding carboxylic acids is 1. The van der Waals surface area contributed by atoms with Gasteiger partial charge in [0.1, 0.15) is 0 Å². The average Bonchev–Trinajstić information content (AvgIpc) is 2.73. The number of nitrogens with one attached hydrogen (secondary N) is 1. The van der Waals surface area contributed by atoms with Crippen LogP contribution in [0.3, 0.4) is 0 Å². The van der Waals surface area contributed by atoms with Gasteiger partial charge >= 0.3 is 0 Å². The van der Waals surface area contributed by atoms with Gasteiger partial charge in [0, 0.05) is 24.5 Å². The second-order valence-electron chi connectivity index (χ2n) is 6.64. The molecule has 1 N–H and O–H groups in total. The minimum absolute atomic E-state index is 0.105. The molecule has 28 heavy (non-hydrogen) atoms. The topological polar surface area (TPSA) is 66.5 Å². The van der Waals surface area contributed by atoms with Crippen molar-refractivity contribution in [2.75, 3.05) is 19.3 Å². The number of hydrogen-bond acceptors (Lipinski definition) is 4. The molecule has 0 spiro atoms. The van der Waals surface area contributed by atoms with E-state index in [1.807, 2.05) is 30.5 Å². The minimum Gasteiger partial charge on any atom is -0.348 e. The van der Waals surface area contributed by atoms with Crippen molar-refractivity contribution in [1.82, 2.24) is 9.62 Å². The highest BCUT2D eigenvalue weighted by Gasteiger charge is 2.27. The van der Waals surface area contributed by atoms with E-state index in [9.17, 15) is 13.2 Å². The number of rotatable bonds is 6. The molecule has 5 nitrogen and oxygen atoms in total. The molecule has 1 amide bonds. The van der Waals surface area contributed by atoms with Crippen molar-refractivity contribution >= 4 is 39.3 Å². The van der Waals surface area contributed by atoms with Crippen LogP contribution in [-0.2, 0) is 16.6 Å². The monoisotopic (exact) mass is 438 g/mol. The summed E-state index contributed by atoms with van der Waals surface area (Å²) in [6.45, 7) is 1.37. The summed E-state index contributed by atoms with van der Waals surface area (Å²) in [5, 5.41) is 3.04. The van der Waals surface area contributed by atoms with Gasteiger partial charge in [0.05, 0.1) is 15.5 Å². The first-order chi connectivity index (χ1) is 13.4. The average molecular weight is 439 g/mol. The molecule has 0 saturated carbocycles. The van der Waals surface area contributed by atoms with Gasteiger partial charge in [-0.3, -0.25) is 4.79 Å². The smallest absolute Gasteiger partial charge is 0.253 e. The van der Waals surface area contributed by atoms with Crippen LogP contribution in [0.25, 0.3) is 0 Å². The van der Waals surface area contributed by atoms with E-state index < -0.39 is 15.9 Å². The van der Waals surface area contributed by atoms with Crippen LogP contribution in [0.1, 0.15) is 35.2 Å². The van der Waals surface area contributed by atoms with Crippen LogP contribution in [0, 0.1) is 0 Å². The Kier molecular flexibility index (Phi) is 7.04. The molecule has 0 aromatic heterocycles. The van der Waals surface area contributed by atoms with Gasteiger partial charge in [-0.25, -0.2) is 8.42 Å². The molecule has 2 aromatic rings. The van der Waals surface area contributed by atoms with Crippen molar-refractivity contribution in [2.24, 2.45) is 0 Å². The third-order valence-electron chi connectivity index (χ3n) is 4.75. The van der Waals surface area contributed by atoms with Gasteiger partial charge in [-0.15, -0.1) is 11.8 Å². The van der Waals surface area contributed by atoms with Crippen molar-refractivity contribution in [3.05, 3.63) is 58.6 Å². The summed E-state index contributed by atoms with van der Waals surface area (Å²) in [5.41, 5.74) is 1.12. The highest BCUT2D eigenvalue weighted by atomic mass is 35.5. The van der Waals surface area contributed by atoms with Gasteiger partial charge in [-0.05, 0) is 55.0 Å². The highest BCUT2D eigenvalue weighted by molar-refractivity contribution is 7.98. The Bertz CT molecular complexity index is 940. The largest absolute Gasteiger partial charge is 0.348 e. The molecular formula is C20H23ClN2O3S2. The molecule has 2 aromatic carbocycles. The summed E-state index contributed by atoms with van der Waals surface area (Å²) in [4.78, 5) is 13.9. The number of carbonyl (C=O) groups is 1. The Morgan fingerprint density at radius 2 is 1.79 bits per heavy atom. The zero-order chi connectivity index (χ0) is 20.1. The summed E-state index contributed by atoms with van der Waals surface area (Å²) in [6, 6.07) is 12.2. The zero-order valence-corrected chi connectivity index (χ0v) is 18.0. The first-order valence-electron chi connectivity index (χ1n) is 9.12. The Balaban J connectivity index is 1.75. The van der Waals surface area contributed by atoms with Crippen molar-refractivity contribution in [2.45, 2.75) is 35.6 Å². The summed E-state index contributed by atoms with van der Waals surface area (Å²) in [5.74, 6) is -0.394. The van der Waals surface area contributed by atoms with Crippen LogP contribution < -0.4 is 5.32 Å². The van der Waals surface area contributed by atoms with Crippen molar-refractivity contribution in [3.63, 3.8) is 0 Å². The van der Waals surface area contributed by atoms with E-state index in [2.05, 4.69) is 5.32 Å². The van der Waals surface area contributed by atoms with E-state index in [-0.39, 0.29) is 15.5 Å². The molecule has 150 valence electrons. The van der Waals surface area contributed by atoms with Gasteiger partial charge in [0.25, 0.3) is 5.91 Å². The lowest BCUT2D eigenvalue weighted by atomic mass is 10.2. The molecule has 1 aliphatic heterocycles. The first kappa shape index (κ1) is 21.2. The van der Waals surface area contributed by atoms with Crippen LogP contribution in [0.2, 0.25) is 5.02 Å². The van der Waals surface area contributed by atoms with E-state index in [1.165, 1.54) is 22.5 Å². The van der Waals surface area contributed by atoms with E-state index >= 15 is 0 Å². The second kappa shape index (κ2) is 9.31. The number of halogens is 1. The summed E-state index contributed by atoms with van der Waals surface area (Å²) < 4.78 is 27.2. The summed E-state index contributed by atoms with van der Waals surface area (Å²) >= 11 is 7.83. The minimum atomic E-state index is -3.62. The number of benzene rings is 2. The number of hydrogen-bond donors (Lipinski definition) is 1. The molecule has 1 heterocycles. The molecule has 0 bridgehead atoms. The van der Waals surface area contributed by atoms with E-state index in [4.69, 9.17) is 11.6 Å². The van der Waals surface area contributed by atoms with Gasteiger partial charge in [-0.1, -0.05) is 30.2 Å². The molecule has 0 aliphatic carbocycles. The third-order valence-corrected chi connectivity index (χ3v) is 7.72. The molecule has 3 rings (SSSR count). The van der Waals surface area contributed by atoms with Crippen LogP contribution in [-0.4, -0.2) is 38.0 Å². The second-order valence-corrected chi connectivity index (χ2v) is 9.86. The Hall–Kier alpha value is -1.54. The molecule has 1 fully saturated rings. The summed E-state index contributed by atoms with van der Waals surface area (Å²) in [7, 11) is -3.62. The standard InChI is InChI=1S/C20H23ClN2O3S2/c1-27-16-7-5-15(6-8-16)14-22-20(24)18-13-17(9-10-19(18)21)28(25,26)23-11-3-2-4-12-23/h5-10,13H,2-4,11-12,14H2,1H3,(H,22,24). The van der Waals surface area contributed by atoms with Gasteiger partial charge in [0.15, 0.2) is 0 Å². The fraction of sp³-hybridized carbons (Fsp3) is 0.350. The molecule has 1 saturated heterocycles. The Morgan fingerprint density at radius 3 is 2.43 bits per heavy atom. The third kappa shape index (κ3) is 4.89. The first-order valence-corrected chi connectivity index (χ1v) is 12.2. The molecule has 8 heteroatoms. The molecule has 0 atom stereocenters. The van der Waals surface area contributed by atoms with E-state index in [0.29, 0.717) is 19.6 Å². The Labute approximate surface area is 175 Å². The van der Waals surface area contributed by atoms with Gasteiger partial charge in [-0.2, -0.15) is 4.31 Å². The predicted octanol–water partition coefficient (Wildman–Crippen LogP) is 4.17. The number of nitrogens with zero attached hydrogens (tertiary/aromatic N) is 1. The highest BCUT2D eigenvalue weighted by Crippen LogP contribution is 2.25. The van der Waals surface area contributed by atoms with Crippen molar-refractivity contribution in [3.8, 4) is 0 Å². The van der Waals surface area contributed by atoms with Gasteiger partial charge in [0.2, 0.25) is 10.0 Å². The molecule has 1 aliphatic rings. The quantitative estimate of drug-likeness (QED) is 0.687. The number of sulfonamides is 1. The molecule has 0 unspecified atom stereocenters. The van der Waals surface area contributed by atoms with Crippen LogP contribution in [0.4, 0.5) is 0 Å². The predicted molar refractivity (Wildman–Crippen MR) is 113 cm³/mol. The number of piperidine rings is 1. The van der Waals surface area contributed by atoms with Crippen molar-refractivity contribution in [1.29, 1.82) is 0 Å². The maximum absolute atomic E-state index is 12.9. The lowest BCUT2D eigenvalue weighted by Crippen LogP contribution is -2.35. The van der Waals surface area contributed by atoms with Crippen LogP contribution in [0.15, 0.2) is 52.3 Å². The summed E-state index contributed by atoms with van der Waals surface area (Å²) in [6.07, 6.45) is 4.76. The van der Waals surface area contributed by atoms with Crippen molar-refractivity contribution < 1.29 is 13.2 Å². The maximum atomic E-state index is 12.9. The van der Waals surface area contributed by atoms with Crippen LogP contribution in [0.5, 0.6) is 0 Å². The van der Waals surface area contributed by atoms with E-state index in [0.717, 1.165) is 29.7 Å². The fourth-order valence-corrected chi connectivity index (χ4v) is 5.27. The number of amides is 1. The normalized spacial score (nSPS) is 15.4. The van der Waals surface area contributed by atoms with Gasteiger partial charge < -0.3 is 5.32 Å². The lowest BCUT2D eigenvalue weighted by Gasteiger charge is -2.26. The molecule has 0 radical (unpaired) electrons. The van der Waals surface area contributed by atoms with E-state index in [1.54, 1.807) is 11.8 Å². The molecular weight excluding hydrogens is 416 g/mol.